The summed E-state index contributed by atoms with van der Waals surface area (Å²) < 4.78 is 8.42. The van der Waals surface area contributed by atoms with Gasteiger partial charge in [-0.15, -0.1) is 0 Å². The molecule has 1 aliphatic rings. The van der Waals surface area contributed by atoms with Crippen LogP contribution in [0, 0.1) is 20.8 Å². The average Bonchev–Trinajstić information content (AvgIpc) is 3.14. The number of benzene rings is 2. The van der Waals surface area contributed by atoms with E-state index < -0.39 is 11.8 Å². The summed E-state index contributed by atoms with van der Waals surface area (Å²) in [6, 6.07) is 15.8. The maximum Gasteiger partial charge on any atom is 0.280 e. The SMILES string of the molecule is COc1ccc(N2C(=O)C(=Cc3cc(C)n(-n4c(C)nc5ccccc5c4=O)c3C)C(=O)NC2=S)cc1. The zero-order chi connectivity index (χ0) is 26.4. The first-order valence-electron chi connectivity index (χ1n) is 11.4. The molecule has 1 saturated heterocycles. The lowest BCUT2D eigenvalue weighted by molar-refractivity contribution is -0.122. The van der Waals surface area contributed by atoms with Crippen LogP contribution in [0.3, 0.4) is 0 Å². The Balaban J connectivity index is 1.60. The number of ether oxygens (including phenoxy) is 1. The van der Waals surface area contributed by atoms with Crippen LogP contribution in [0.5, 0.6) is 5.75 Å². The van der Waals surface area contributed by atoms with Gasteiger partial charge >= 0.3 is 0 Å². The Morgan fingerprint density at radius 1 is 0.973 bits per heavy atom. The van der Waals surface area contributed by atoms with Gasteiger partial charge in [0.05, 0.1) is 23.7 Å². The van der Waals surface area contributed by atoms with Crippen molar-refractivity contribution < 1.29 is 14.3 Å². The highest BCUT2D eigenvalue weighted by molar-refractivity contribution is 7.80. The summed E-state index contributed by atoms with van der Waals surface area (Å²) >= 11 is 5.29. The number of aromatic nitrogens is 3. The third-order valence-electron chi connectivity index (χ3n) is 6.28. The molecule has 0 radical (unpaired) electrons. The van der Waals surface area contributed by atoms with Gasteiger partial charge < -0.3 is 4.74 Å². The zero-order valence-corrected chi connectivity index (χ0v) is 21.4. The number of amides is 2. The largest absolute Gasteiger partial charge is 0.497 e. The van der Waals surface area contributed by atoms with E-state index in [-0.39, 0.29) is 16.2 Å². The molecule has 1 aliphatic heterocycles. The van der Waals surface area contributed by atoms with Crippen LogP contribution in [-0.4, -0.2) is 38.4 Å². The molecule has 3 heterocycles. The number of rotatable bonds is 4. The number of thiocarbonyl (C=S) groups is 1. The Hall–Kier alpha value is -4.57. The monoisotopic (exact) mass is 513 g/mol. The molecule has 0 bridgehead atoms. The molecule has 2 aromatic heterocycles. The lowest BCUT2D eigenvalue weighted by Gasteiger charge is -2.29. The zero-order valence-electron chi connectivity index (χ0n) is 20.6. The van der Waals surface area contributed by atoms with E-state index in [1.54, 1.807) is 61.2 Å². The first-order valence-corrected chi connectivity index (χ1v) is 11.9. The summed E-state index contributed by atoms with van der Waals surface area (Å²) in [6.07, 6.45) is 1.52. The number of carbonyl (C=O) groups excluding carboxylic acids is 2. The molecule has 1 N–H and O–H groups in total. The van der Waals surface area contributed by atoms with Gasteiger partial charge in [-0.3, -0.25) is 29.3 Å². The Labute approximate surface area is 217 Å². The van der Waals surface area contributed by atoms with E-state index in [1.807, 2.05) is 26.0 Å². The minimum atomic E-state index is -0.592. The van der Waals surface area contributed by atoms with Gasteiger partial charge in [0.2, 0.25) is 0 Å². The first-order chi connectivity index (χ1) is 17.7. The van der Waals surface area contributed by atoms with Crippen LogP contribution in [0.2, 0.25) is 0 Å². The Bertz CT molecular complexity index is 1700. The van der Waals surface area contributed by atoms with Gasteiger partial charge in [-0.1, -0.05) is 12.1 Å². The molecule has 9 nitrogen and oxygen atoms in total. The van der Waals surface area contributed by atoms with Crippen LogP contribution >= 0.6 is 12.2 Å². The van der Waals surface area contributed by atoms with Crippen LogP contribution in [0.25, 0.3) is 17.0 Å². The molecule has 4 aromatic rings. The normalized spacial score (nSPS) is 15.0. The van der Waals surface area contributed by atoms with Gasteiger partial charge in [0, 0.05) is 11.4 Å². The summed E-state index contributed by atoms with van der Waals surface area (Å²) in [5, 5.41) is 3.08. The molecule has 10 heteroatoms. The summed E-state index contributed by atoms with van der Waals surface area (Å²) in [5.41, 5.74) is 2.83. The molecule has 0 atom stereocenters. The fourth-order valence-corrected chi connectivity index (χ4v) is 4.76. The molecule has 0 spiro atoms. The van der Waals surface area contributed by atoms with Gasteiger partial charge in [0.1, 0.15) is 17.1 Å². The molecule has 1 fully saturated rings. The molecular weight excluding hydrogens is 490 g/mol. The van der Waals surface area contributed by atoms with Crippen molar-refractivity contribution >= 4 is 51.8 Å². The molecule has 0 aliphatic carbocycles. The fourth-order valence-electron chi connectivity index (χ4n) is 4.48. The van der Waals surface area contributed by atoms with Gasteiger partial charge in [0.15, 0.2) is 5.11 Å². The maximum atomic E-state index is 13.4. The van der Waals surface area contributed by atoms with E-state index in [0.717, 1.165) is 5.69 Å². The molecule has 0 saturated carbocycles. The van der Waals surface area contributed by atoms with Crippen molar-refractivity contribution in [2.45, 2.75) is 20.8 Å². The first kappa shape index (κ1) is 24.1. The number of hydrogen-bond acceptors (Lipinski definition) is 6. The van der Waals surface area contributed by atoms with E-state index in [4.69, 9.17) is 17.0 Å². The molecule has 2 amide bonds. The molecule has 186 valence electrons. The topological polar surface area (TPSA) is 98.5 Å². The second kappa shape index (κ2) is 9.14. The highest BCUT2D eigenvalue weighted by atomic mass is 32.1. The number of nitrogens with one attached hydrogen (secondary N) is 1. The van der Waals surface area contributed by atoms with Crippen LogP contribution in [0.15, 0.2) is 65.0 Å². The van der Waals surface area contributed by atoms with E-state index >= 15 is 0 Å². The van der Waals surface area contributed by atoms with E-state index in [0.29, 0.717) is 39.4 Å². The summed E-state index contributed by atoms with van der Waals surface area (Å²) in [5.74, 6) is -0.0120. The van der Waals surface area contributed by atoms with Crippen LogP contribution in [-0.2, 0) is 9.59 Å². The maximum absolute atomic E-state index is 13.4. The van der Waals surface area contributed by atoms with Crippen LogP contribution < -0.4 is 20.5 Å². The van der Waals surface area contributed by atoms with Crippen molar-refractivity contribution in [1.82, 2.24) is 19.7 Å². The Morgan fingerprint density at radius 2 is 1.68 bits per heavy atom. The van der Waals surface area contributed by atoms with E-state index in [9.17, 15) is 14.4 Å². The lowest BCUT2D eigenvalue weighted by Crippen LogP contribution is -2.54. The Kier molecular flexibility index (Phi) is 5.96. The molecule has 0 unspecified atom stereocenters. The highest BCUT2D eigenvalue weighted by Gasteiger charge is 2.34. The fraction of sp³-hybridized carbons (Fsp3) is 0.148. The van der Waals surface area contributed by atoms with Crippen molar-refractivity contribution in [3.63, 3.8) is 0 Å². The van der Waals surface area contributed by atoms with Crippen molar-refractivity contribution in [3.8, 4) is 5.75 Å². The average molecular weight is 514 g/mol. The molecule has 37 heavy (non-hydrogen) atoms. The number of aryl methyl sites for hydroxylation is 2. The lowest BCUT2D eigenvalue weighted by atomic mass is 10.1. The summed E-state index contributed by atoms with van der Waals surface area (Å²) in [7, 11) is 1.55. The summed E-state index contributed by atoms with van der Waals surface area (Å²) in [6.45, 7) is 5.42. The Morgan fingerprint density at radius 3 is 2.38 bits per heavy atom. The van der Waals surface area contributed by atoms with Gasteiger partial charge in [-0.05, 0) is 87.1 Å². The smallest absolute Gasteiger partial charge is 0.280 e. The third kappa shape index (κ3) is 4.01. The number of para-hydroxylation sites is 1. The number of anilines is 1. The molecular formula is C27H23N5O4S. The van der Waals surface area contributed by atoms with Crippen molar-refractivity contribution in [2.24, 2.45) is 0 Å². The standard InChI is InChI=1S/C27H23N5O4S/c1-15-13-18(16(2)31(15)32-17(3)28-23-8-6-5-7-21(23)26(32)35)14-22-24(33)29-27(37)30(25(22)34)19-9-11-20(36-4)12-10-19/h5-14H,1-4H3,(H,29,33,37). The minimum absolute atomic E-state index is 0.00722. The van der Waals surface area contributed by atoms with E-state index in [1.165, 1.54) is 15.7 Å². The van der Waals surface area contributed by atoms with Crippen LogP contribution in [0.4, 0.5) is 5.69 Å². The second-order valence-electron chi connectivity index (χ2n) is 8.59. The van der Waals surface area contributed by atoms with Crippen molar-refractivity contribution in [2.75, 3.05) is 12.0 Å². The van der Waals surface area contributed by atoms with Crippen LogP contribution in [0.1, 0.15) is 22.8 Å². The van der Waals surface area contributed by atoms with Gasteiger partial charge in [-0.2, -0.15) is 4.68 Å². The van der Waals surface area contributed by atoms with Crippen molar-refractivity contribution in [3.05, 3.63) is 93.3 Å². The van der Waals surface area contributed by atoms with Gasteiger partial charge in [-0.25, -0.2) is 4.98 Å². The van der Waals surface area contributed by atoms with Crippen molar-refractivity contribution in [1.29, 1.82) is 0 Å². The molecule has 5 rings (SSSR count). The number of hydrogen-bond donors (Lipinski definition) is 1. The number of carbonyl (C=O) groups is 2. The number of fused-ring (bicyclic) bond motifs is 1. The summed E-state index contributed by atoms with van der Waals surface area (Å²) in [4.78, 5) is 45.5. The highest BCUT2D eigenvalue weighted by Crippen LogP contribution is 2.26. The number of nitrogens with zero attached hydrogens (tertiary/aromatic N) is 4. The van der Waals surface area contributed by atoms with Gasteiger partial charge in [0.25, 0.3) is 17.4 Å². The van der Waals surface area contributed by atoms with E-state index in [2.05, 4.69) is 10.3 Å². The second-order valence-corrected chi connectivity index (χ2v) is 8.97. The predicted octanol–water partition coefficient (Wildman–Crippen LogP) is 3.27. The molecule has 2 aromatic carbocycles. The number of methoxy groups -OCH3 is 1. The predicted molar refractivity (Wildman–Crippen MR) is 145 cm³/mol. The minimum Gasteiger partial charge on any atom is -0.497 e. The third-order valence-corrected chi connectivity index (χ3v) is 6.57. The quantitative estimate of drug-likeness (QED) is 0.256.